The van der Waals surface area contributed by atoms with Crippen molar-refractivity contribution in [2.45, 2.75) is 32.2 Å². The molecule has 2 aromatic rings. The summed E-state index contributed by atoms with van der Waals surface area (Å²) < 4.78 is 16.3. The van der Waals surface area contributed by atoms with E-state index in [1.807, 2.05) is 6.92 Å². The topological polar surface area (TPSA) is 93.8 Å². The van der Waals surface area contributed by atoms with Crippen LogP contribution < -0.4 is 19.8 Å². The van der Waals surface area contributed by atoms with Gasteiger partial charge in [0.25, 0.3) is 11.5 Å². The van der Waals surface area contributed by atoms with Crippen molar-refractivity contribution in [1.82, 2.24) is 14.9 Å². The number of aryl methyl sites for hydroxylation is 1. The van der Waals surface area contributed by atoms with Gasteiger partial charge in [0.05, 0.1) is 20.3 Å². The number of carbonyl (C=O) groups is 1. The highest BCUT2D eigenvalue weighted by Crippen LogP contribution is 2.37. The third kappa shape index (κ3) is 4.11. The molecule has 3 rings (SSSR count). The molecule has 1 aliphatic heterocycles. The second-order valence-corrected chi connectivity index (χ2v) is 6.50. The van der Waals surface area contributed by atoms with Crippen LogP contribution in [0.5, 0.6) is 17.2 Å². The smallest absolute Gasteiger partial charge is 0.261 e. The average Bonchev–Trinajstić information content (AvgIpc) is 3.21. The van der Waals surface area contributed by atoms with Gasteiger partial charge >= 0.3 is 0 Å². The number of ether oxygens (including phenoxy) is 3. The number of likely N-dealkylation sites (tertiary alicyclic amines) is 1. The predicted octanol–water partition coefficient (Wildman–Crippen LogP) is 2.09. The summed E-state index contributed by atoms with van der Waals surface area (Å²) in [6, 6.07) is 6.50. The molecule has 1 aromatic carbocycles. The van der Waals surface area contributed by atoms with Crippen LogP contribution in [0.15, 0.2) is 29.1 Å². The van der Waals surface area contributed by atoms with E-state index in [-0.39, 0.29) is 24.1 Å². The molecular formula is C20H25N3O5. The quantitative estimate of drug-likeness (QED) is 0.782. The summed E-state index contributed by atoms with van der Waals surface area (Å²) in [4.78, 5) is 33.7. The van der Waals surface area contributed by atoms with Gasteiger partial charge < -0.3 is 24.1 Å². The summed E-state index contributed by atoms with van der Waals surface area (Å²) in [6.07, 6.45) is 2.25. The molecule has 0 saturated carbocycles. The molecular weight excluding hydrogens is 362 g/mol. The van der Waals surface area contributed by atoms with Gasteiger partial charge in [-0.05, 0) is 31.4 Å². The maximum atomic E-state index is 12.8. The van der Waals surface area contributed by atoms with Crippen molar-refractivity contribution in [3.05, 3.63) is 46.1 Å². The van der Waals surface area contributed by atoms with Crippen molar-refractivity contribution >= 4 is 5.91 Å². The first-order valence-corrected chi connectivity index (χ1v) is 9.30. The van der Waals surface area contributed by atoms with Crippen LogP contribution in [0, 0.1) is 0 Å². The first-order chi connectivity index (χ1) is 13.6. The number of aromatic amines is 1. The highest BCUT2D eigenvalue weighted by Gasteiger charge is 2.32. The largest absolute Gasteiger partial charge is 0.493 e. The van der Waals surface area contributed by atoms with Crippen LogP contribution in [-0.2, 0) is 11.2 Å². The molecule has 0 spiro atoms. The summed E-state index contributed by atoms with van der Waals surface area (Å²) in [5.74, 6) is 1.72. The lowest BCUT2D eigenvalue weighted by atomic mass is 10.2. The van der Waals surface area contributed by atoms with E-state index >= 15 is 0 Å². The lowest BCUT2D eigenvalue weighted by Gasteiger charge is -2.24. The lowest BCUT2D eigenvalue weighted by Crippen LogP contribution is -2.36. The first-order valence-electron chi connectivity index (χ1n) is 9.30. The summed E-state index contributed by atoms with van der Waals surface area (Å²) in [5.41, 5.74) is 0.518. The van der Waals surface area contributed by atoms with Gasteiger partial charge in [-0.25, -0.2) is 4.98 Å². The number of carbonyl (C=O) groups excluding carboxylic acids is 1. The molecule has 28 heavy (non-hydrogen) atoms. The average molecular weight is 387 g/mol. The number of benzene rings is 1. The molecule has 2 heterocycles. The fraction of sp³-hybridized carbons (Fsp3) is 0.450. The molecule has 0 aliphatic carbocycles. The van der Waals surface area contributed by atoms with Crippen molar-refractivity contribution in [3.63, 3.8) is 0 Å². The Morgan fingerprint density at radius 2 is 2.00 bits per heavy atom. The fourth-order valence-electron chi connectivity index (χ4n) is 3.39. The minimum atomic E-state index is -0.255. The highest BCUT2D eigenvalue weighted by molar-refractivity contribution is 5.78. The molecule has 1 aliphatic rings. The molecule has 1 saturated heterocycles. The van der Waals surface area contributed by atoms with Crippen molar-refractivity contribution in [3.8, 4) is 17.2 Å². The van der Waals surface area contributed by atoms with Gasteiger partial charge in [-0.1, -0.05) is 13.0 Å². The van der Waals surface area contributed by atoms with E-state index in [9.17, 15) is 9.59 Å². The Morgan fingerprint density at radius 3 is 2.64 bits per heavy atom. The van der Waals surface area contributed by atoms with Gasteiger partial charge in [-0.2, -0.15) is 0 Å². The van der Waals surface area contributed by atoms with Crippen LogP contribution in [0.3, 0.4) is 0 Å². The zero-order valence-electron chi connectivity index (χ0n) is 16.4. The highest BCUT2D eigenvalue weighted by atomic mass is 16.5. The molecule has 0 unspecified atom stereocenters. The molecule has 1 amide bonds. The Bertz CT molecular complexity index is 873. The number of aromatic nitrogens is 2. The van der Waals surface area contributed by atoms with Crippen LogP contribution in [0.4, 0.5) is 0 Å². The summed E-state index contributed by atoms with van der Waals surface area (Å²) in [6.45, 7) is 2.37. The zero-order chi connectivity index (χ0) is 20.1. The molecule has 1 fully saturated rings. The summed E-state index contributed by atoms with van der Waals surface area (Å²) in [7, 11) is 3.06. The lowest BCUT2D eigenvalue weighted by molar-refractivity contribution is -0.134. The number of nitrogens with zero attached hydrogens (tertiary/aromatic N) is 2. The normalized spacial score (nSPS) is 16.1. The van der Waals surface area contributed by atoms with Crippen molar-refractivity contribution in [1.29, 1.82) is 0 Å². The van der Waals surface area contributed by atoms with Crippen molar-refractivity contribution in [2.24, 2.45) is 0 Å². The minimum absolute atomic E-state index is 0.162. The van der Waals surface area contributed by atoms with E-state index in [4.69, 9.17) is 14.2 Å². The standard InChI is InChI=1S/C20H25N3O5/c1-4-13-11-17(24)22-20(21-13)14-7-6-10-23(14)18(25)12-28-19-15(26-2)8-5-9-16(19)27-3/h5,8-9,11,14H,4,6-7,10,12H2,1-3H3,(H,21,22,24)/t14-/m1/s1. The van der Waals surface area contributed by atoms with Crippen LogP contribution in [-0.4, -0.2) is 48.1 Å². The number of para-hydroxylation sites is 1. The van der Waals surface area contributed by atoms with E-state index in [0.29, 0.717) is 41.7 Å². The Balaban J connectivity index is 1.76. The number of hydrogen-bond donors (Lipinski definition) is 1. The molecule has 1 atom stereocenters. The summed E-state index contributed by atoms with van der Waals surface area (Å²) >= 11 is 0. The van der Waals surface area contributed by atoms with Crippen LogP contribution in [0.2, 0.25) is 0 Å². The SMILES string of the molecule is CCc1cc(=O)[nH]c([C@H]2CCCN2C(=O)COc2c(OC)cccc2OC)n1. The number of hydrogen-bond acceptors (Lipinski definition) is 6. The van der Waals surface area contributed by atoms with Gasteiger partial charge in [0, 0.05) is 18.3 Å². The Labute approximate surface area is 163 Å². The number of methoxy groups -OCH3 is 2. The van der Waals surface area contributed by atoms with Gasteiger partial charge in [-0.3, -0.25) is 9.59 Å². The van der Waals surface area contributed by atoms with E-state index in [1.54, 1.807) is 23.1 Å². The summed E-state index contributed by atoms with van der Waals surface area (Å²) in [5, 5.41) is 0. The maximum absolute atomic E-state index is 12.8. The third-order valence-corrected chi connectivity index (χ3v) is 4.79. The van der Waals surface area contributed by atoms with Crippen molar-refractivity contribution < 1.29 is 19.0 Å². The fourth-order valence-corrected chi connectivity index (χ4v) is 3.39. The monoisotopic (exact) mass is 387 g/mol. The zero-order valence-corrected chi connectivity index (χ0v) is 16.4. The van der Waals surface area contributed by atoms with Crippen LogP contribution in [0.25, 0.3) is 0 Å². The Morgan fingerprint density at radius 1 is 1.29 bits per heavy atom. The number of rotatable bonds is 7. The number of H-pyrrole nitrogens is 1. The molecule has 0 radical (unpaired) electrons. The second-order valence-electron chi connectivity index (χ2n) is 6.50. The van der Waals surface area contributed by atoms with Crippen molar-refractivity contribution in [2.75, 3.05) is 27.4 Å². The first kappa shape index (κ1) is 19.7. The van der Waals surface area contributed by atoms with Crippen LogP contribution >= 0.6 is 0 Å². The molecule has 1 N–H and O–H groups in total. The predicted molar refractivity (Wildman–Crippen MR) is 103 cm³/mol. The van der Waals surface area contributed by atoms with E-state index in [0.717, 1.165) is 12.8 Å². The van der Waals surface area contributed by atoms with Gasteiger partial charge in [0.2, 0.25) is 5.75 Å². The number of nitrogens with one attached hydrogen (secondary N) is 1. The second kappa shape index (κ2) is 8.77. The molecule has 0 bridgehead atoms. The van der Waals surface area contributed by atoms with E-state index in [1.165, 1.54) is 20.3 Å². The maximum Gasteiger partial charge on any atom is 0.261 e. The Kier molecular flexibility index (Phi) is 6.18. The molecule has 1 aromatic heterocycles. The minimum Gasteiger partial charge on any atom is -0.493 e. The molecule has 8 heteroatoms. The van der Waals surface area contributed by atoms with E-state index < -0.39 is 0 Å². The van der Waals surface area contributed by atoms with Gasteiger partial charge in [-0.15, -0.1) is 0 Å². The van der Waals surface area contributed by atoms with E-state index in [2.05, 4.69) is 9.97 Å². The third-order valence-electron chi connectivity index (χ3n) is 4.79. The van der Waals surface area contributed by atoms with Gasteiger partial charge in [0.1, 0.15) is 5.82 Å². The van der Waals surface area contributed by atoms with Crippen LogP contribution in [0.1, 0.15) is 37.3 Å². The van der Waals surface area contributed by atoms with Gasteiger partial charge in [0.15, 0.2) is 18.1 Å². The number of amides is 1. The molecule has 8 nitrogen and oxygen atoms in total. The molecule has 150 valence electrons. The Hall–Kier alpha value is -3.03.